The third-order valence-electron chi connectivity index (χ3n) is 2.42. The van der Waals surface area contributed by atoms with Crippen LogP contribution in [0.4, 0.5) is 5.69 Å². The molecule has 19 heavy (non-hydrogen) atoms. The van der Waals surface area contributed by atoms with Crippen LogP contribution in [-0.2, 0) is 6.42 Å². The summed E-state index contributed by atoms with van der Waals surface area (Å²) in [5.41, 5.74) is 3.33. The summed E-state index contributed by atoms with van der Waals surface area (Å²) in [5, 5.41) is 6.83. The normalized spacial score (nSPS) is 10.2. The third-order valence-corrected chi connectivity index (χ3v) is 2.66. The van der Waals surface area contributed by atoms with Crippen molar-refractivity contribution in [1.82, 2.24) is 15.5 Å². The van der Waals surface area contributed by atoms with E-state index in [1.165, 1.54) is 6.39 Å². The monoisotopic (exact) mass is 281 g/mol. The van der Waals surface area contributed by atoms with Gasteiger partial charge in [0, 0.05) is 18.0 Å². The molecule has 0 radical (unpaired) electrons. The molecule has 0 spiro atoms. The Morgan fingerprint density at radius 2 is 2.32 bits per heavy atom. The van der Waals surface area contributed by atoms with Crippen LogP contribution in [0.5, 0.6) is 0 Å². The van der Waals surface area contributed by atoms with E-state index in [9.17, 15) is 4.79 Å². The zero-order valence-electron chi connectivity index (χ0n) is 9.89. The van der Waals surface area contributed by atoms with Crippen LogP contribution >= 0.6 is 11.6 Å². The fourth-order valence-corrected chi connectivity index (χ4v) is 1.69. The van der Waals surface area contributed by atoms with Gasteiger partial charge in [-0.15, -0.1) is 0 Å². The van der Waals surface area contributed by atoms with Gasteiger partial charge in [-0.2, -0.15) is 4.98 Å². The molecule has 2 aromatic rings. The minimum atomic E-state index is -0.279. The molecule has 0 aliphatic rings. The number of aromatic nitrogens is 2. The van der Waals surface area contributed by atoms with Crippen molar-refractivity contribution >= 4 is 23.2 Å². The molecule has 0 aliphatic heterocycles. The number of nitrogens with one attached hydrogen (secondary N) is 2. The van der Waals surface area contributed by atoms with E-state index >= 15 is 0 Å². The summed E-state index contributed by atoms with van der Waals surface area (Å²) in [6.07, 6.45) is 1.72. The second-order valence-electron chi connectivity index (χ2n) is 3.69. The zero-order chi connectivity index (χ0) is 13.7. The smallest absolute Gasteiger partial charge is 0.253 e. The summed E-state index contributed by atoms with van der Waals surface area (Å²) in [4.78, 5) is 15.8. The average Bonchev–Trinajstić information content (AvgIpc) is 2.91. The van der Waals surface area contributed by atoms with Crippen LogP contribution in [0, 0.1) is 0 Å². The first-order valence-electron chi connectivity index (χ1n) is 5.50. The Morgan fingerprint density at radius 1 is 1.47 bits per heavy atom. The van der Waals surface area contributed by atoms with Crippen LogP contribution in [0.1, 0.15) is 16.2 Å². The van der Waals surface area contributed by atoms with Gasteiger partial charge in [0.2, 0.25) is 6.39 Å². The summed E-state index contributed by atoms with van der Waals surface area (Å²) in [7, 11) is 0. The summed E-state index contributed by atoms with van der Waals surface area (Å²) in [6.45, 7) is 0.384. The van der Waals surface area contributed by atoms with Gasteiger partial charge in [-0.25, -0.2) is 0 Å². The van der Waals surface area contributed by atoms with Crippen molar-refractivity contribution in [1.29, 1.82) is 0 Å². The van der Waals surface area contributed by atoms with Gasteiger partial charge in [0.05, 0.1) is 11.3 Å². The number of nitrogen functional groups attached to an aromatic ring is 1. The van der Waals surface area contributed by atoms with Crippen molar-refractivity contribution in [3.63, 3.8) is 0 Å². The second kappa shape index (κ2) is 6.17. The fraction of sp³-hybridized carbons (Fsp3) is 0.182. The van der Waals surface area contributed by atoms with E-state index in [0.29, 0.717) is 35.1 Å². The Kier molecular flexibility index (Phi) is 4.32. The number of nitrogens with zero attached hydrogens (tertiary/aromatic N) is 2. The van der Waals surface area contributed by atoms with Crippen molar-refractivity contribution in [2.24, 2.45) is 5.84 Å². The highest BCUT2D eigenvalue weighted by Gasteiger charge is 2.11. The van der Waals surface area contributed by atoms with Crippen molar-refractivity contribution in [3.8, 4) is 0 Å². The minimum absolute atomic E-state index is 0.279. The lowest BCUT2D eigenvalue weighted by molar-refractivity contribution is 0.0954. The maximum Gasteiger partial charge on any atom is 0.253 e. The molecule has 100 valence electrons. The van der Waals surface area contributed by atoms with E-state index in [2.05, 4.69) is 25.4 Å². The highest BCUT2D eigenvalue weighted by molar-refractivity contribution is 6.31. The van der Waals surface area contributed by atoms with Crippen molar-refractivity contribution < 1.29 is 9.32 Å². The van der Waals surface area contributed by atoms with Gasteiger partial charge in [-0.1, -0.05) is 16.8 Å². The Morgan fingerprint density at radius 3 is 3.00 bits per heavy atom. The van der Waals surface area contributed by atoms with E-state index in [-0.39, 0.29) is 5.91 Å². The van der Waals surface area contributed by atoms with Crippen LogP contribution in [0.3, 0.4) is 0 Å². The molecule has 2 rings (SSSR count). The molecule has 1 aromatic heterocycles. The minimum Gasteiger partial charge on any atom is -0.352 e. The van der Waals surface area contributed by atoms with E-state index in [1.807, 2.05) is 0 Å². The van der Waals surface area contributed by atoms with E-state index in [4.69, 9.17) is 17.4 Å². The molecular formula is C11H12ClN5O2. The zero-order valence-corrected chi connectivity index (χ0v) is 10.6. The number of nitrogens with two attached hydrogens (primary N) is 1. The van der Waals surface area contributed by atoms with Crippen LogP contribution in [0.2, 0.25) is 5.02 Å². The average molecular weight is 282 g/mol. The maximum absolute atomic E-state index is 12.0. The fourth-order valence-electron chi connectivity index (χ4n) is 1.52. The molecule has 1 heterocycles. The summed E-state index contributed by atoms with van der Waals surface area (Å²) in [5.74, 6) is 5.59. The number of amides is 1. The summed E-state index contributed by atoms with van der Waals surface area (Å²) >= 11 is 5.85. The molecule has 0 aliphatic carbocycles. The second-order valence-corrected chi connectivity index (χ2v) is 4.12. The molecule has 4 N–H and O–H groups in total. The van der Waals surface area contributed by atoms with Gasteiger partial charge in [-0.3, -0.25) is 10.6 Å². The molecule has 0 atom stereocenters. The Bertz CT molecular complexity index is 558. The lowest BCUT2D eigenvalue weighted by atomic mass is 10.1. The summed E-state index contributed by atoms with van der Waals surface area (Å²) < 4.78 is 4.59. The van der Waals surface area contributed by atoms with Crippen LogP contribution < -0.4 is 16.6 Å². The number of halogens is 1. The highest BCUT2D eigenvalue weighted by atomic mass is 35.5. The lowest BCUT2D eigenvalue weighted by Crippen LogP contribution is -2.27. The third kappa shape index (κ3) is 3.43. The largest absolute Gasteiger partial charge is 0.352 e. The molecule has 0 saturated heterocycles. The first-order chi connectivity index (χ1) is 9.20. The van der Waals surface area contributed by atoms with Crippen LogP contribution in [0.25, 0.3) is 0 Å². The van der Waals surface area contributed by atoms with Gasteiger partial charge >= 0.3 is 0 Å². The quantitative estimate of drug-likeness (QED) is 0.557. The SMILES string of the molecule is NNc1ccc(Cl)cc1C(=O)NCCc1ncon1. The Hall–Kier alpha value is -2.12. The maximum atomic E-state index is 12.0. The molecule has 0 saturated carbocycles. The first kappa shape index (κ1) is 13.3. The Labute approximate surface area is 114 Å². The lowest BCUT2D eigenvalue weighted by Gasteiger charge is -2.09. The van der Waals surface area contributed by atoms with Gasteiger partial charge in [0.1, 0.15) is 0 Å². The number of hydrogen-bond acceptors (Lipinski definition) is 6. The number of carbonyl (C=O) groups excluding carboxylic acids is 1. The van der Waals surface area contributed by atoms with Crippen LogP contribution in [0.15, 0.2) is 29.1 Å². The van der Waals surface area contributed by atoms with Gasteiger partial charge in [-0.05, 0) is 18.2 Å². The molecular weight excluding hydrogens is 270 g/mol. The van der Waals surface area contributed by atoms with E-state index < -0.39 is 0 Å². The van der Waals surface area contributed by atoms with Gasteiger partial charge in [0.25, 0.3) is 5.91 Å². The molecule has 8 heteroatoms. The highest BCUT2D eigenvalue weighted by Crippen LogP contribution is 2.19. The molecule has 0 fully saturated rings. The Balaban J connectivity index is 1.97. The first-order valence-corrected chi connectivity index (χ1v) is 5.88. The van der Waals surface area contributed by atoms with Crippen molar-refractivity contribution in [2.75, 3.05) is 12.0 Å². The molecule has 0 bridgehead atoms. The summed E-state index contributed by atoms with van der Waals surface area (Å²) in [6, 6.07) is 4.82. The number of benzene rings is 1. The van der Waals surface area contributed by atoms with Gasteiger partial charge < -0.3 is 15.3 Å². The topological polar surface area (TPSA) is 106 Å². The number of anilines is 1. The standard InChI is InChI=1S/C11H12ClN5O2/c12-7-1-2-9(16-13)8(5-7)11(18)14-4-3-10-15-6-19-17-10/h1-2,5-6,16H,3-4,13H2,(H,14,18). The number of carbonyl (C=O) groups is 1. The predicted molar refractivity (Wildman–Crippen MR) is 69.6 cm³/mol. The van der Waals surface area contributed by atoms with E-state index in [1.54, 1.807) is 18.2 Å². The molecule has 7 nitrogen and oxygen atoms in total. The predicted octanol–water partition coefficient (Wildman–Crippen LogP) is 0.981. The van der Waals surface area contributed by atoms with E-state index in [0.717, 1.165) is 0 Å². The van der Waals surface area contributed by atoms with Crippen molar-refractivity contribution in [3.05, 3.63) is 41.0 Å². The number of rotatable bonds is 5. The van der Waals surface area contributed by atoms with Gasteiger partial charge in [0.15, 0.2) is 5.82 Å². The van der Waals surface area contributed by atoms with Crippen LogP contribution in [-0.4, -0.2) is 22.6 Å². The molecule has 1 aromatic carbocycles. The molecule has 0 unspecified atom stereocenters. The molecule has 1 amide bonds. The van der Waals surface area contributed by atoms with Crippen molar-refractivity contribution in [2.45, 2.75) is 6.42 Å². The number of hydrogen-bond donors (Lipinski definition) is 3. The number of hydrazine groups is 1.